The van der Waals surface area contributed by atoms with E-state index in [1.165, 1.54) is 24.5 Å². The van der Waals surface area contributed by atoms with Crippen LogP contribution >= 0.6 is 11.3 Å². The average Bonchev–Trinajstić information content (AvgIpc) is 3.55. The first-order valence-corrected chi connectivity index (χ1v) is 13.0. The lowest BCUT2D eigenvalue weighted by molar-refractivity contribution is -0.112. The van der Waals surface area contributed by atoms with Gasteiger partial charge in [0.25, 0.3) is 11.8 Å². The summed E-state index contributed by atoms with van der Waals surface area (Å²) in [6, 6.07) is 8.95. The van der Waals surface area contributed by atoms with Crippen LogP contribution in [0.4, 0.5) is 22.3 Å². The molecule has 2 aromatic carbocycles. The van der Waals surface area contributed by atoms with Gasteiger partial charge in [-0.2, -0.15) is 4.98 Å². The molecule has 0 saturated carbocycles. The van der Waals surface area contributed by atoms with Crippen LogP contribution in [0, 0.1) is 6.92 Å². The van der Waals surface area contributed by atoms with Crippen LogP contribution in [0.3, 0.4) is 0 Å². The first-order chi connectivity index (χ1) is 19.3. The largest absolute Gasteiger partial charge is 0.498 e. The number of amides is 1. The number of anilines is 4. The van der Waals surface area contributed by atoms with Crippen molar-refractivity contribution >= 4 is 39.6 Å². The zero-order valence-corrected chi connectivity index (χ0v) is 23.8. The van der Waals surface area contributed by atoms with Crippen LogP contribution in [0.5, 0.6) is 17.2 Å². The number of nitrogen functional groups attached to an aromatic ring is 1. The number of thiazole rings is 1. The molecule has 2 heterocycles. The number of nitrogens with two attached hydrogens (primary N) is 1. The molecule has 13 heteroatoms. The molecule has 1 amide bonds. The highest BCUT2D eigenvalue weighted by atomic mass is 32.1. The molecule has 0 atom stereocenters. The van der Waals surface area contributed by atoms with E-state index < -0.39 is 0 Å². The number of ether oxygens (including phenoxy) is 4. The number of aryl methyl sites for hydroxylation is 1. The topological polar surface area (TPSA) is 156 Å². The Balaban J connectivity index is 1.56. The number of nitrogens with zero attached hydrogens (tertiary/aromatic N) is 3. The first-order valence-electron chi connectivity index (χ1n) is 12.2. The third kappa shape index (κ3) is 6.26. The summed E-state index contributed by atoms with van der Waals surface area (Å²) in [5, 5.41) is 10.7. The number of nitrogens with one attached hydrogen (secondary N) is 2. The molecular formula is C27H30N6O6S. The van der Waals surface area contributed by atoms with Gasteiger partial charge in [-0.25, -0.2) is 4.98 Å². The fourth-order valence-electron chi connectivity index (χ4n) is 3.81. The fourth-order valence-corrected chi connectivity index (χ4v) is 4.64. The molecule has 0 aliphatic rings. The van der Waals surface area contributed by atoms with Crippen LogP contribution in [0.1, 0.15) is 19.4 Å². The summed E-state index contributed by atoms with van der Waals surface area (Å²) < 4.78 is 27.1. The minimum Gasteiger partial charge on any atom is -0.498 e. The van der Waals surface area contributed by atoms with E-state index in [9.17, 15) is 4.79 Å². The fraction of sp³-hybridized carbons (Fsp3) is 0.259. The molecule has 0 unspecified atom stereocenters. The Morgan fingerprint density at radius 3 is 2.45 bits per heavy atom. The minimum absolute atomic E-state index is 0.215. The Kier molecular flexibility index (Phi) is 8.74. The maximum Gasteiger partial charge on any atom is 0.272 e. The number of hydrogen-bond donors (Lipinski definition) is 3. The summed E-state index contributed by atoms with van der Waals surface area (Å²) in [6.45, 7) is 5.97. The highest BCUT2D eigenvalue weighted by molar-refractivity contribution is 7.19. The van der Waals surface area contributed by atoms with Crippen molar-refractivity contribution in [2.75, 3.05) is 44.3 Å². The van der Waals surface area contributed by atoms with Crippen LogP contribution in [-0.4, -0.2) is 49.0 Å². The van der Waals surface area contributed by atoms with Crippen molar-refractivity contribution in [1.82, 2.24) is 15.1 Å². The summed E-state index contributed by atoms with van der Waals surface area (Å²) in [5.74, 6) is 2.46. The van der Waals surface area contributed by atoms with Gasteiger partial charge in [0.2, 0.25) is 11.6 Å². The standard InChI is InChI=1S/C27H30N6O6S/c1-7-38-15(3)10-21(34)29-16-9-8-14(2)18(11-16)25-32-26(39-33-25)23-24(28)31-27(40-23)30-17-12-19(35-4)22(37-6)20(13-17)36-5/h8-13H,7,28H2,1-6H3,(H,29,34)(H,30,31)/b15-10-. The second-order valence-electron chi connectivity index (χ2n) is 8.40. The van der Waals surface area contributed by atoms with E-state index in [1.807, 2.05) is 19.9 Å². The predicted octanol–water partition coefficient (Wildman–Crippen LogP) is 5.40. The van der Waals surface area contributed by atoms with Crippen molar-refractivity contribution in [2.24, 2.45) is 0 Å². The molecular weight excluding hydrogens is 536 g/mol. The van der Waals surface area contributed by atoms with Gasteiger partial charge >= 0.3 is 0 Å². The van der Waals surface area contributed by atoms with Gasteiger partial charge in [-0.1, -0.05) is 22.6 Å². The van der Waals surface area contributed by atoms with E-state index in [0.29, 0.717) is 62.4 Å². The van der Waals surface area contributed by atoms with Gasteiger partial charge in [-0.05, 0) is 38.5 Å². The highest BCUT2D eigenvalue weighted by Crippen LogP contribution is 2.42. The Hall–Kier alpha value is -4.78. The molecule has 0 saturated heterocycles. The lowest BCUT2D eigenvalue weighted by Gasteiger charge is -2.14. The maximum absolute atomic E-state index is 12.3. The molecule has 0 spiro atoms. The van der Waals surface area contributed by atoms with Gasteiger partial charge in [0.1, 0.15) is 10.7 Å². The van der Waals surface area contributed by atoms with E-state index in [-0.39, 0.29) is 17.6 Å². The summed E-state index contributed by atoms with van der Waals surface area (Å²) >= 11 is 1.25. The monoisotopic (exact) mass is 566 g/mol. The van der Waals surface area contributed by atoms with Crippen molar-refractivity contribution in [3.63, 3.8) is 0 Å². The minimum atomic E-state index is -0.306. The average molecular weight is 567 g/mol. The Morgan fingerprint density at radius 2 is 1.80 bits per heavy atom. The summed E-state index contributed by atoms with van der Waals surface area (Å²) in [7, 11) is 4.62. The molecule has 12 nitrogen and oxygen atoms in total. The smallest absolute Gasteiger partial charge is 0.272 e. The number of benzene rings is 2. The van der Waals surface area contributed by atoms with E-state index in [2.05, 4.69) is 25.8 Å². The highest BCUT2D eigenvalue weighted by Gasteiger charge is 2.20. The zero-order chi connectivity index (χ0) is 28.8. The van der Waals surface area contributed by atoms with Gasteiger partial charge in [0.05, 0.1) is 33.7 Å². The zero-order valence-electron chi connectivity index (χ0n) is 22.9. The van der Waals surface area contributed by atoms with Crippen LogP contribution in [0.25, 0.3) is 22.2 Å². The lowest BCUT2D eigenvalue weighted by Crippen LogP contribution is -2.09. The third-order valence-corrected chi connectivity index (χ3v) is 6.62. The number of allylic oxidation sites excluding steroid dienone is 1. The Bertz CT molecular complexity index is 1520. The van der Waals surface area contributed by atoms with Crippen molar-refractivity contribution in [2.45, 2.75) is 20.8 Å². The van der Waals surface area contributed by atoms with Gasteiger partial charge in [-0.15, -0.1) is 0 Å². The second-order valence-corrected chi connectivity index (χ2v) is 9.40. The lowest BCUT2D eigenvalue weighted by atomic mass is 10.1. The van der Waals surface area contributed by atoms with Crippen LogP contribution in [0.2, 0.25) is 0 Å². The number of methoxy groups -OCH3 is 3. The second kappa shape index (κ2) is 12.4. The van der Waals surface area contributed by atoms with Crippen molar-refractivity contribution < 1.29 is 28.3 Å². The number of carbonyl (C=O) groups is 1. The first kappa shape index (κ1) is 28.2. The van der Waals surface area contributed by atoms with Gasteiger partial charge < -0.3 is 39.8 Å². The quantitative estimate of drug-likeness (QED) is 0.158. The molecule has 0 aliphatic carbocycles. The van der Waals surface area contributed by atoms with Gasteiger partial charge in [-0.3, -0.25) is 4.79 Å². The summed E-state index contributed by atoms with van der Waals surface area (Å²) in [5.41, 5.74) is 9.02. The molecule has 40 heavy (non-hydrogen) atoms. The number of hydrogen-bond acceptors (Lipinski definition) is 12. The maximum atomic E-state index is 12.3. The normalized spacial score (nSPS) is 11.2. The van der Waals surface area contributed by atoms with E-state index in [4.69, 9.17) is 29.2 Å². The Morgan fingerprint density at radius 1 is 1.07 bits per heavy atom. The Labute approximate surface area is 235 Å². The number of aromatic nitrogens is 3. The molecule has 0 bridgehead atoms. The molecule has 2 aromatic heterocycles. The molecule has 4 rings (SSSR count). The summed E-state index contributed by atoms with van der Waals surface area (Å²) in [4.78, 5) is 21.8. The molecule has 0 aliphatic heterocycles. The van der Waals surface area contributed by atoms with Gasteiger partial charge in [0.15, 0.2) is 16.6 Å². The van der Waals surface area contributed by atoms with Crippen LogP contribution < -0.4 is 30.6 Å². The molecule has 210 valence electrons. The third-order valence-electron chi connectivity index (χ3n) is 5.64. The van der Waals surface area contributed by atoms with Gasteiger partial charge in [0, 0.05) is 35.1 Å². The van der Waals surface area contributed by atoms with Crippen molar-refractivity contribution in [1.29, 1.82) is 0 Å². The van der Waals surface area contributed by atoms with E-state index in [1.54, 1.807) is 45.4 Å². The number of carbonyl (C=O) groups excluding carboxylic acids is 1. The van der Waals surface area contributed by atoms with E-state index >= 15 is 0 Å². The molecule has 4 N–H and O–H groups in total. The van der Waals surface area contributed by atoms with Crippen LogP contribution in [0.15, 0.2) is 46.7 Å². The van der Waals surface area contributed by atoms with Crippen molar-refractivity contribution in [3.05, 3.63) is 47.7 Å². The number of rotatable bonds is 11. The van der Waals surface area contributed by atoms with Crippen molar-refractivity contribution in [3.8, 4) is 39.4 Å². The molecule has 0 radical (unpaired) electrons. The van der Waals surface area contributed by atoms with Crippen LogP contribution in [-0.2, 0) is 9.53 Å². The molecule has 4 aromatic rings. The summed E-state index contributed by atoms with van der Waals surface area (Å²) in [6.07, 6.45) is 1.39. The molecule has 0 fully saturated rings. The van der Waals surface area contributed by atoms with E-state index in [0.717, 1.165) is 5.56 Å². The predicted molar refractivity (Wildman–Crippen MR) is 153 cm³/mol. The SMILES string of the molecule is CCO/C(C)=C\C(=O)Nc1ccc(C)c(-c2noc(-c3sc(Nc4cc(OC)c(OC)c(OC)c4)nc3N)n2)c1.